The fourth-order valence-electron chi connectivity index (χ4n) is 2.97. The molecule has 0 radical (unpaired) electrons. The molecule has 0 unspecified atom stereocenters. The largest absolute Gasteiger partial charge is 0.490 e. The fraction of sp³-hybridized carbons (Fsp3) is 0.0870. The van der Waals surface area contributed by atoms with E-state index < -0.39 is 0 Å². The molecule has 0 aliphatic heterocycles. The van der Waals surface area contributed by atoms with Gasteiger partial charge in [0.1, 0.15) is 40.9 Å². The van der Waals surface area contributed by atoms with Crippen LogP contribution in [0, 0.1) is 22.7 Å². The number of nitrogens with zero attached hydrogens (tertiary/aromatic N) is 3. The molecule has 3 rings (SSSR count). The van der Waals surface area contributed by atoms with Crippen molar-refractivity contribution in [1.82, 2.24) is 4.98 Å². The van der Waals surface area contributed by atoms with Gasteiger partial charge in [0.25, 0.3) is 0 Å². The second kappa shape index (κ2) is 10.2. The zero-order valence-electron chi connectivity index (χ0n) is 16.5. The average Bonchev–Trinajstić information content (AvgIpc) is 2.81. The molecule has 31 heavy (non-hydrogen) atoms. The third-order valence-corrected chi connectivity index (χ3v) is 5.45. The van der Waals surface area contributed by atoms with Gasteiger partial charge in [0.2, 0.25) is 0 Å². The summed E-state index contributed by atoms with van der Waals surface area (Å²) < 4.78 is 5.50. The van der Waals surface area contributed by atoms with Gasteiger partial charge in [-0.15, -0.1) is 11.8 Å². The van der Waals surface area contributed by atoms with Crippen LogP contribution in [-0.2, 0) is 5.75 Å². The summed E-state index contributed by atoms with van der Waals surface area (Å²) in [6.07, 6.45) is 1.65. The Kier molecular flexibility index (Phi) is 7.13. The number of rotatable bonds is 8. The number of nitrogens with two attached hydrogens (primary N) is 1. The standard InChI is InChI=1S/C23H19N5O2S/c1-2-11-30-17-9-7-15(8-10-17)21-18(12-24)22(26)27-23(19(21)13-25)31-14-16-5-3-4-6-20(16)28-29/h2-10,28-29H,1,11,14H2,(H2,26,27). The highest BCUT2D eigenvalue weighted by atomic mass is 32.2. The number of ether oxygens (including phenoxy) is 1. The lowest BCUT2D eigenvalue weighted by molar-refractivity contribution is 0.363. The first-order valence-electron chi connectivity index (χ1n) is 9.21. The van der Waals surface area contributed by atoms with Gasteiger partial charge in [-0.3, -0.25) is 10.7 Å². The molecule has 1 heterocycles. The smallest absolute Gasteiger partial charge is 0.143 e. The van der Waals surface area contributed by atoms with Crippen LogP contribution in [0.5, 0.6) is 5.75 Å². The van der Waals surface area contributed by atoms with Gasteiger partial charge in [-0.05, 0) is 29.3 Å². The predicted molar refractivity (Wildman–Crippen MR) is 121 cm³/mol. The van der Waals surface area contributed by atoms with Crippen molar-refractivity contribution in [2.24, 2.45) is 0 Å². The normalized spacial score (nSPS) is 10.0. The minimum Gasteiger partial charge on any atom is -0.490 e. The molecule has 0 atom stereocenters. The zero-order valence-corrected chi connectivity index (χ0v) is 17.3. The van der Waals surface area contributed by atoms with Crippen molar-refractivity contribution in [1.29, 1.82) is 10.5 Å². The van der Waals surface area contributed by atoms with Crippen LogP contribution in [0.2, 0.25) is 0 Å². The first kappa shape index (κ1) is 21.7. The summed E-state index contributed by atoms with van der Waals surface area (Å²) in [6, 6.07) is 18.6. The monoisotopic (exact) mass is 429 g/mol. The van der Waals surface area contributed by atoms with E-state index in [9.17, 15) is 15.7 Å². The molecule has 0 aliphatic rings. The zero-order chi connectivity index (χ0) is 22.2. The highest BCUT2D eigenvalue weighted by molar-refractivity contribution is 7.98. The van der Waals surface area contributed by atoms with E-state index in [0.29, 0.717) is 39.9 Å². The van der Waals surface area contributed by atoms with Gasteiger partial charge in [0.15, 0.2) is 0 Å². The van der Waals surface area contributed by atoms with Crippen molar-refractivity contribution in [3.05, 3.63) is 77.9 Å². The number of pyridine rings is 1. The molecule has 0 saturated carbocycles. The Labute approximate surface area is 184 Å². The molecule has 0 bridgehead atoms. The van der Waals surface area contributed by atoms with E-state index in [4.69, 9.17) is 10.5 Å². The third-order valence-electron chi connectivity index (χ3n) is 4.43. The molecule has 1 aromatic heterocycles. The lowest BCUT2D eigenvalue weighted by Gasteiger charge is -2.14. The van der Waals surface area contributed by atoms with Gasteiger partial charge < -0.3 is 10.5 Å². The number of nitrogen functional groups attached to an aromatic ring is 1. The van der Waals surface area contributed by atoms with E-state index >= 15 is 0 Å². The maximum Gasteiger partial charge on any atom is 0.143 e. The Balaban J connectivity index is 2.03. The quantitative estimate of drug-likeness (QED) is 0.266. The van der Waals surface area contributed by atoms with Crippen molar-refractivity contribution in [2.45, 2.75) is 10.8 Å². The number of thioether (sulfide) groups is 1. The molecule has 0 amide bonds. The maximum atomic E-state index is 9.90. The van der Waals surface area contributed by atoms with Gasteiger partial charge in [-0.2, -0.15) is 10.5 Å². The predicted octanol–water partition coefficient (Wildman–Crippen LogP) is 4.73. The molecule has 4 N–H and O–H groups in total. The summed E-state index contributed by atoms with van der Waals surface area (Å²) in [4.78, 5) is 4.31. The van der Waals surface area contributed by atoms with Crippen molar-refractivity contribution in [3.8, 4) is 29.0 Å². The lowest BCUT2D eigenvalue weighted by atomic mass is 9.97. The number of hydrogen-bond acceptors (Lipinski definition) is 8. The molecule has 0 fully saturated rings. The van der Waals surface area contributed by atoms with Crippen LogP contribution < -0.4 is 16.0 Å². The van der Waals surface area contributed by atoms with Crippen LogP contribution in [0.3, 0.4) is 0 Å². The van der Waals surface area contributed by atoms with Crippen molar-refractivity contribution in [2.75, 3.05) is 17.8 Å². The van der Waals surface area contributed by atoms with Crippen LogP contribution in [0.25, 0.3) is 11.1 Å². The summed E-state index contributed by atoms with van der Waals surface area (Å²) in [6.45, 7) is 3.99. The van der Waals surface area contributed by atoms with Gasteiger partial charge >= 0.3 is 0 Å². The van der Waals surface area contributed by atoms with Crippen molar-refractivity contribution >= 4 is 23.3 Å². The molecule has 2 aromatic carbocycles. The number of nitriles is 2. The van der Waals surface area contributed by atoms with Crippen LogP contribution >= 0.6 is 11.8 Å². The van der Waals surface area contributed by atoms with Gasteiger partial charge in [0.05, 0.1) is 11.3 Å². The Bertz CT molecular complexity index is 1180. The van der Waals surface area contributed by atoms with Gasteiger partial charge in [-0.1, -0.05) is 43.0 Å². The molecule has 3 aromatic rings. The van der Waals surface area contributed by atoms with E-state index in [0.717, 1.165) is 5.56 Å². The van der Waals surface area contributed by atoms with Crippen LogP contribution in [0.15, 0.2) is 66.2 Å². The minimum atomic E-state index is 0.0551. The van der Waals surface area contributed by atoms with Crippen LogP contribution in [0.1, 0.15) is 16.7 Å². The summed E-state index contributed by atoms with van der Waals surface area (Å²) in [5.74, 6) is 1.13. The summed E-state index contributed by atoms with van der Waals surface area (Å²) >= 11 is 1.30. The fourth-order valence-corrected chi connectivity index (χ4v) is 3.96. The number of aromatic nitrogens is 1. The first-order valence-corrected chi connectivity index (χ1v) is 10.2. The third kappa shape index (κ3) is 4.78. The van der Waals surface area contributed by atoms with Crippen LogP contribution in [0.4, 0.5) is 11.5 Å². The van der Waals surface area contributed by atoms with E-state index in [1.54, 1.807) is 42.5 Å². The highest BCUT2D eigenvalue weighted by Crippen LogP contribution is 2.37. The molecule has 0 aliphatic carbocycles. The SMILES string of the molecule is C=CCOc1ccc(-c2c(C#N)c(N)nc(SCc3ccccc3NO)c2C#N)cc1. The Hall–Kier alpha value is -3.98. The second-order valence-electron chi connectivity index (χ2n) is 6.33. The van der Waals surface area contributed by atoms with E-state index in [1.165, 1.54) is 11.8 Å². The van der Waals surface area contributed by atoms with Crippen molar-refractivity contribution in [3.63, 3.8) is 0 Å². The van der Waals surface area contributed by atoms with E-state index in [-0.39, 0.29) is 16.9 Å². The first-order chi connectivity index (χ1) is 15.1. The molecule has 0 saturated heterocycles. The lowest BCUT2D eigenvalue weighted by Crippen LogP contribution is -2.04. The molecular weight excluding hydrogens is 410 g/mol. The summed E-state index contributed by atoms with van der Waals surface area (Å²) in [5, 5.41) is 29.3. The maximum absolute atomic E-state index is 9.90. The average molecular weight is 430 g/mol. The molecule has 8 heteroatoms. The van der Waals surface area contributed by atoms with E-state index in [1.807, 2.05) is 12.1 Å². The number of anilines is 2. The molecular formula is C23H19N5O2S. The molecule has 154 valence electrons. The Morgan fingerprint density at radius 3 is 2.48 bits per heavy atom. The minimum absolute atomic E-state index is 0.0551. The number of nitrogens with one attached hydrogen (secondary N) is 1. The Morgan fingerprint density at radius 1 is 1.13 bits per heavy atom. The number of hydrogen-bond donors (Lipinski definition) is 3. The number of para-hydroxylation sites is 1. The van der Waals surface area contributed by atoms with Gasteiger partial charge in [0, 0.05) is 11.3 Å². The van der Waals surface area contributed by atoms with E-state index in [2.05, 4.69) is 29.2 Å². The summed E-state index contributed by atoms with van der Waals surface area (Å²) in [5.41, 5.74) is 11.1. The van der Waals surface area contributed by atoms with Gasteiger partial charge in [-0.25, -0.2) is 4.98 Å². The topological polar surface area (TPSA) is 128 Å². The van der Waals surface area contributed by atoms with Crippen molar-refractivity contribution < 1.29 is 9.94 Å². The number of benzene rings is 2. The molecule has 7 nitrogen and oxygen atoms in total. The summed E-state index contributed by atoms with van der Waals surface area (Å²) in [7, 11) is 0. The highest BCUT2D eigenvalue weighted by Gasteiger charge is 2.21. The second-order valence-corrected chi connectivity index (χ2v) is 7.30. The molecule has 0 spiro atoms. The van der Waals surface area contributed by atoms with Crippen LogP contribution in [-0.4, -0.2) is 16.8 Å². The Morgan fingerprint density at radius 2 is 1.84 bits per heavy atom.